The van der Waals surface area contributed by atoms with Crippen LogP contribution in [0.5, 0.6) is 11.5 Å². The highest BCUT2D eigenvalue weighted by molar-refractivity contribution is 7.80. The Morgan fingerprint density at radius 2 is 1.65 bits per heavy atom. The van der Waals surface area contributed by atoms with E-state index in [1.165, 1.54) is 0 Å². The van der Waals surface area contributed by atoms with Gasteiger partial charge in [0.05, 0.1) is 0 Å². The molecule has 0 radical (unpaired) electrons. The van der Waals surface area contributed by atoms with Crippen molar-refractivity contribution >= 4 is 28.9 Å². The Kier molecular flexibility index (Phi) is 7.89. The van der Waals surface area contributed by atoms with Crippen LogP contribution in [0.1, 0.15) is 20.3 Å². The standard InChI is InChI=1S/C20H24N2O3S/c1-15(2)13-19(23)22-20(26)21-16-7-6-10-18(14-16)25-12-11-24-17-8-4-3-5-9-17/h3-10,14-15H,11-13H2,1-2H3,(H2,21,22,23,26). The number of carbonyl (C=O) groups is 1. The number of para-hydroxylation sites is 1. The SMILES string of the molecule is CC(C)CC(=O)NC(=S)Nc1cccc(OCCOc2ccccc2)c1. The number of benzene rings is 2. The molecule has 0 aromatic heterocycles. The normalized spacial score (nSPS) is 10.3. The largest absolute Gasteiger partial charge is 0.490 e. The van der Waals surface area contributed by atoms with Crippen LogP contribution in [-0.2, 0) is 4.79 Å². The van der Waals surface area contributed by atoms with Crippen LogP contribution in [0.4, 0.5) is 5.69 Å². The Hall–Kier alpha value is -2.60. The first-order chi connectivity index (χ1) is 12.5. The first-order valence-corrected chi connectivity index (χ1v) is 8.95. The molecule has 26 heavy (non-hydrogen) atoms. The molecule has 0 aliphatic rings. The van der Waals surface area contributed by atoms with Gasteiger partial charge < -0.3 is 20.1 Å². The number of rotatable bonds is 8. The smallest absolute Gasteiger partial charge is 0.226 e. The van der Waals surface area contributed by atoms with Gasteiger partial charge in [-0.3, -0.25) is 4.79 Å². The summed E-state index contributed by atoms with van der Waals surface area (Å²) < 4.78 is 11.3. The molecule has 0 saturated heterocycles. The van der Waals surface area contributed by atoms with E-state index in [9.17, 15) is 4.79 Å². The number of anilines is 1. The molecule has 138 valence electrons. The number of ether oxygens (including phenoxy) is 2. The molecular weight excluding hydrogens is 348 g/mol. The van der Waals surface area contributed by atoms with Crippen LogP contribution in [0.25, 0.3) is 0 Å². The summed E-state index contributed by atoms with van der Waals surface area (Å²) in [5.74, 6) is 1.70. The molecule has 5 nitrogen and oxygen atoms in total. The molecule has 0 atom stereocenters. The third-order valence-corrected chi connectivity index (χ3v) is 3.51. The molecule has 2 N–H and O–H groups in total. The van der Waals surface area contributed by atoms with Crippen LogP contribution >= 0.6 is 12.2 Å². The molecule has 2 aromatic carbocycles. The molecule has 6 heteroatoms. The Morgan fingerprint density at radius 3 is 2.35 bits per heavy atom. The first kappa shape index (κ1) is 19.7. The van der Waals surface area contributed by atoms with Gasteiger partial charge in [-0.15, -0.1) is 0 Å². The van der Waals surface area contributed by atoms with Crippen molar-refractivity contribution in [3.63, 3.8) is 0 Å². The molecule has 2 aromatic rings. The van der Waals surface area contributed by atoms with Crippen LogP contribution in [0, 0.1) is 5.92 Å². The van der Waals surface area contributed by atoms with Gasteiger partial charge in [0.2, 0.25) is 5.91 Å². The fourth-order valence-electron chi connectivity index (χ4n) is 2.21. The lowest BCUT2D eigenvalue weighted by molar-refractivity contribution is -0.120. The van der Waals surface area contributed by atoms with E-state index in [0.717, 1.165) is 11.4 Å². The fraction of sp³-hybridized carbons (Fsp3) is 0.300. The second-order valence-electron chi connectivity index (χ2n) is 6.14. The quantitative estimate of drug-likeness (QED) is 0.542. The lowest BCUT2D eigenvalue weighted by Gasteiger charge is -2.12. The summed E-state index contributed by atoms with van der Waals surface area (Å²) in [6.07, 6.45) is 0.437. The molecule has 0 aliphatic heterocycles. The number of hydrogen-bond acceptors (Lipinski definition) is 4. The van der Waals surface area contributed by atoms with Gasteiger partial charge in [0.1, 0.15) is 24.7 Å². The molecule has 0 bridgehead atoms. The van der Waals surface area contributed by atoms with E-state index in [1.807, 2.05) is 68.4 Å². The molecule has 0 aliphatic carbocycles. The van der Waals surface area contributed by atoms with E-state index in [0.29, 0.717) is 25.4 Å². The van der Waals surface area contributed by atoms with Gasteiger partial charge in [-0.1, -0.05) is 38.1 Å². The highest BCUT2D eigenvalue weighted by atomic mass is 32.1. The van der Waals surface area contributed by atoms with Crippen LogP contribution in [0.3, 0.4) is 0 Å². The topological polar surface area (TPSA) is 59.6 Å². The summed E-state index contributed by atoms with van der Waals surface area (Å²) in [5, 5.41) is 5.94. The van der Waals surface area contributed by atoms with Gasteiger partial charge >= 0.3 is 0 Å². The third kappa shape index (κ3) is 7.53. The average Bonchev–Trinajstić information content (AvgIpc) is 2.59. The number of amides is 1. The number of nitrogens with one attached hydrogen (secondary N) is 2. The van der Waals surface area contributed by atoms with Crippen LogP contribution in [0.15, 0.2) is 54.6 Å². The zero-order valence-corrected chi connectivity index (χ0v) is 15.8. The zero-order valence-electron chi connectivity index (χ0n) is 15.0. The van der Waals surface area contributed by atoms with Crippen molar-refractivity contribution in [1.82, 2.24) is 5.32 Å². The van der Waals surface area contributed by atoms with Gasteiger partial charge in [-0.05, 0) is 42.4 Å². The van der Waals surface area contributed by atoms with Crippen molar-refractivity contribution in [2.75, 3.05) is 18.5 Å². The minimum absolute atomic E-state index is 0.0945. The highest BCUT2D eigenvalue weighted by Crippen LogP contribution is 2.17. The van der Waals surface area contributed by atoms with Gasteiger partial charge in [-0.25, -0.2) is 0 Å². The van der Waals surface area contributed by atoms with E-state index < -0.39 is 0 Å². The number of thiocarbonyl (C=S) groups is 1. The Balaban J connectivity index is 1.76. The fourth-order valence-corrected chi connectivity index (χ4v) is 2.44. The summed E-state index contributed by atoms with van der Waals surface area (Å²) in [7, 11) is 0. The highest BCUT2D eigenvalue weighted by Gasteiger charge is 2.07. The molecule has 0 unspecified atom stereocenters. The van der Waals surface area contributed by atoms with E-state index in [4.69, 9.17) is 21.7 Å². The average molecular weight is 372 g/mol. The van der Waals surface area contributed by atoms with E-state index in [2.05, 4.69) is 10.6 Å². The summed E-state index contributed by atoms with van der Waals surface area (Å²) in [6, 6.07) is 17.0. The molecule has 2 rings (SSSR count). The second kappa shape index (κ2) is 10.4. The van der Waals surface area contributed by atoms with Crippen LogP contribution < -0.4 is 20.1 Å². The molecule has 0 spiro atoms. The summed E-state index contributed by atoms with van der Waals surface area (Å²) >= 11 is 5.16. The monoisotopic (exact) mass is 372 g/mol. The van der Waals surface area contributed by atoms with Gasteiger partial charge in [0, 0.05) is 18.2 Å². The summed E-state index contributed by atoms with van der Waals surface area (Å²) in [5.41, 5.74) is 0.751. The van der Waals surface area contributed by atoms with Crippen LogP contribution in [0.2, 0.25) is 0 Å². The predicted octanol–water partition coefficient (Wildman–Crippen LogP) is 4.00. The summed E-state index contributed by atoms with van der Waals surface area (Å²) in [4.78, 5) is 11.7. The number of hydrogen-bond donors (Lipinski definition) is 2. The maximum Gasteiger partial charge on any atom is 0.226 e. The zero-order chi connectivity index (χ0) is 18.8. The van der Waals surface area contributed by atoms with E-state index in [1.54, 1.807) is 0 Å². The maximum atomic E-state index is 11.7. The van der Waals surface area contributed by atoms with Crippen molar-refractivity contribution in [2.45, 2.75) is 20.3 Å². The maximum absolute atomic E-state index is 11.7. The molecule has 0 heterocycles. The Bertz CT molecular complexity index is 720. The summed E-state index contributed by atoms with van der Waals surface area (Å²) in [6.45, 7) is 4.84. The molecule has 0 saturated carbocycles. The predicted molar refractivity (Wildman–Crippen MR) is 108 cm³/mol. The second-order valence-corrected chi connectivity index (χ2v) is 6.55. The van der Waals surface area contributed by atoms with Crippen molar-refractivity contribution in [1.29, 1.82) is 0 Å². The Labute approximate surface area is 159 Å². The van der Waals surface area contributed by atoms with Gasteiger partial charge in [0.15, 0.2) is 5.11 Å². The lowest BCUT2D eigenvalue weighted by atomic mass is 10.1. The molecule has 1 amide bonds. The van der Waals surface area contributed by atoms with Crippen molar-refractivity contribution < 1.29 is 14.3 Å². The minimum Gasteiger partial charge on any atom is -0.490 e. The molecule has 0 fully saturated rings. The first-order valence-electron chi connectivity index (χ1n) is 8.54. The van der Waals surface area contributed by atoms with E-state index in [-0.39, 0.29) is 16.9 Å². The Morgan fingerprint density at radius 1 is 1.00 bits per heavy atom. The van der Waals surface area contributed by atoms with Crippen LogP contribution in [-0.4, -0.2) is 24.2 Å². The third-order valence-electron chi connectivity index (χ3n) is 3.30. The number of carbonyl (C=O) groups excluding carboxylic acids is 1. The van der Waals surface area contributed by atoms with Crippen molar-refractivity contribution in [2.24, 2.45) is 5.92 Å². The van der Waals surface area contributed by atoms with Crippen molar-refractivity contribution in [3.8, 4) is 11.5 Å². The van der Waals surface area contributed by atoms with Gasteiger partial charge in [-0.2, -0.15) is 0 Å². The van der Waals surface area contributed by atoms with Crippen molar-refractivity contribution in [3.05, 3.63) is 54.6 Å². The lowest BCUT2D eigenvalue weighted by Crippen LogP contribution is -2.34. The van der Waals surface area contributed by atoms with Gasteiger partial charge in [0.25, 0.3) is 0 Å². The van der Waals surface area contributed by atoms with E-state index >= 15 is 0 Å². The molecular formula is C20H24N2O3S. The minimum atomic E-state index is -0.0945.